The van der Waals surface area contributed by atoms with Crippen LogP contribution in [0.3, 0.4) is 0 Å². The standard InChI is InChI=1S/C13H17BrN2O2/c1-18-12-7-10(14)5-4-9(12)8-16-6-2-3-11(16)13(15)17/h4-5,7,11H,2-3,6,8H2,1H3,(H2,15,17)/t11-/m0/s1. The Hall–Kier alpha value is -1.07. The smallest absolute Gasteiger partial charge is 0.234 e. The molecule has 0 aliphatic carbocycles. The predicted octanol–water partition coefficient (Wildman–Crippen LogP) is 1.91. The lowest BCUT2D eigenvalue weighted by Gasteiger charge is -2.22. The van der Waals surface area contributed by atoms with Crippen molar-refractivity contribution in [2.75, 3.05) is 13.7 Å². The number of benzene rings is 1. The molecule has 1 aliphatic heterocycles. The Kier molecular flexibility index (Phi) is 4.24. The van der Waals surface area contributed by atoms with E-state index in [-0.39, 0.29) is 11.9 Å². The number of ether oxygens (including phenoxy) is 1. The average molecular weight is 313 g/mol. The Bertz CT molecular complexity index is 451. The summed E-state index contributed by atoms with van der Waals surface area (Å²) in [6, 6.07) is 5.79. The van der Waals surface area contributed by atoms with Gasteiger partial charge in [0.15, 0.2) is 0 Å². The van der Waals surface area contributed by atoms with E-state index in [4.69, 9.17) is 10.5 Å². The number of methoxy groups -OCH3 is 1. The number of hydrogen-bond donors (Lipinski definition) is 1. The summed E-state index contributed by atoms with van der Waals surface area (Å²) in [7, 11) is 1.65. The Balaban J connectivity index is 2.16. The van der Waals surface area contributed by atoms with Crippen LogP contribution in [0, 0.1) is 0 Å². The zero-order valence-electron chi connectivity index (χ0n) is 10.4. The minimum atomic E-state index is -0.233. The molecule has 1 aromatic rings. The molecule has 1 amide bonds. The van der Waals surface area contributed by atoms with Crippen molar-refractivity contribution in [3.63, 3.8) is 0 Å². The number of rotatable bonds is 4. The van der Waals surface area contributed by atoms with Crippen LogP contribution in [-0.2, 0) is 11.3 Å². The van der Waals surface area contributed by atoms with Gasteiger partial charge in [-0.15, -0.1) is 0 Å². The Morgan fingerprint density at radius 1 is 1.61 bits per heavy atom. The third kappa shape index (κ3) is 2.84. The van der Waals surface area contributed by atoms with Crippen LogP contribution in [0.1, 0.15) is 18.4 Å². The van der Waals surface area contributed by atoms with Crippen molar-refractivity contribution in [2.24, 2.45) is 5.73 Å². The van der Waals surface area contributed by atoms with Crippen LogP contribution in [0.4, 0.5) is 0 Å². The van der Waals surface area contributed by atoms with E-state index in [2.05, 4.69) is 20.8 Å². The van der Waals surface area contributed by atoms with Crippen LogP contribution in [0.2, 0.25) is 0 Å². The van der Waals surface area contributed by atoms with E-state index in [0.717, 1.165) is 35.2 Å². The summed E-state index contributed by atoms with van der Waals surface area (Å²) in [6.45, 7) is 1.61. The first-order valence-corrected chi connectivity index (χ1v) is 6.77. The number of hydrogen-bond acceptors (Lipinski definition) is 3. The van der Waals surface area contributed by atoms with E-state index >= 15 is 0 Å². The van der Waals surface area contributed by atoms with Gasteiger partial charge in [-0.25, -0.2) is 0 Å². The maximum absolute atomic E-state index is 11.4. The van der Waals surface area contributed by atoms with E-state index in [1.807, 2.05) is 18.2 Å². The van der Waals surface area contributed by atoms with Crippen molar-refractivity contribution in [2.45, 2.75) is 25.4 Å². The number of amides is 1. The average Bonchev–Trinajstić information content (AvgIpc) is 2.79. The molecule has 0 bridgehead atoms. The molecular weight excluding hydrogens is 296 g/mol. The lowest BCUT2D eigenvalue weighted by molar-refractivity contribution is -0.122. The Labute approximate surface area is 115 Å². The third-order valence-corrected chi connectivity index (χ3v) is 3.81. The lowest BCUT2D eigenvalue weighted by Crippen LogP contribution is -2.39. The van der Waals surface area contributed by atoms with Gasteiger partial charge in [-0.2, -0.15) is 0 Å². The van der Waals surface area contributed by atoms with Crippen LogP contribution in [0.15, 0.2) is 22.7 Å². The molecule has 2 rings (SSSR count). The fraction of sp³-hybridized carbons (Fsp3) is 0.462. The van der Waals surface area contributed by atoms with Crippen molar-refractivity contribution in [1.82, 2.24) is 4.90 Å². The molecule has 1 atom stereocenters. The molecule has 0 spiro atoms. The third-order valence-electron chi connectivity index (χ3n) is 3.31. The second-order valence-electron chi connectivity index (χ2n) is 4.49. The molecule has 5 heteroatoms. The van der Waals surface area contributed by atoms with E-state index < -0.39 is 0 Å². The van der Waals surface area contributed by atoms with Crippen molar-refractivity contribution < 1.29 is 9.53 Å². The largest absolute Gasteiger partial charge is 0.496 e. The van der Waals surface area contributed by atoms with Gasteiger partial charge in [0.25, 0.3) is 0 Å². The van der Waals surface area contributed by atoms with Crippen LogP contribution in [0.25, 0.3) is 0 Å². The molecule has 0 aromatic heterocycles. The second-order valence-corrected chi connectivity index (χ2v) is 5.40. The van der Waals surface area contributed by atoms with Gasteiger partial charge >= 0.3 is 0 Å². The minimum absolute atomic E-state index is 0.140. The normalized spacial score (nSPS) is 20.0. The van der Waals surface area contributed by atoms with Crippen LogP contribution in [-0.4, -0.2) is 30.5 Å². The molecule has 2 N–H and O–H groups in total. The van der Waals surface area contributed by atoms with Crippen molar-refractivity contribution >= 4 is 21.8 Å². The molecule has 1 fully saturated rings. The summed E-state index contributed by atoms with van der Waals surface area (Å²) in [4.78, 5) is 13.5. The summed E-state index contributed by atoms with van der Waals surface area (Å²) in [5.41, 5.74) is 6.49. The lowest BCUT2D eigenvalue weighted by atomic mass is 10.1. The molecule has 1 aromatic carbocycles. The molecule has 1 saturated heterocycles. The minimum Gasteiger partial charge on any atom is -0.496 e. The highest BCUT2D eigenvalue weighted by molar-refractivity contribution is 9.10. The van der Waals surface area contributed by atoms with Gasteiger partial charge in [0.1, 0.15) is 5.75 Å². The van der Waals surface area contributed by atoms with Crippen LogP contribution in [0.5, 0.6) is 5.75 Å². The predicted molar refractivity (Wildman–Crippen MR) is 73.3 cm³/mol. The molecule has 4 nitrogen and oxygen atoms in total. The van der Waals surface area contributed by atoms with Gasteiger partial charge in [-0.1, -0.05) is 22.0 Å². The summed E-state index contributed by atoms with van der Waals surface area (Å²) in [6.07, 6.45) is 1.88. The SMILES string of the molecule is COc1cc(Br)ccc1CN1CCC[C@H]1C(N)=O. The maximum Gasteiger partial charge on any atom is 0.234 e. The molecule has 0 saturated carbocycles. The fourth-order valence-corrected chi connectivity index (χ4v) is 2.75. The molecule has 0 unspecified atom stereocenters. The van der Waals surface area contributed by atoms with Gasteiger partial charge in [0.2, 0.25) is 5.91 Å². The maximum atomic E-state index is 11.4. The first-order chi connectivity index (χ1) is 8.61. The van der Waals surface area contributed by atoms with E-state index in [1.54, 1.807) is 7.11 Å². The van der Waals surface area contributed by atoms with Gasteiger partial charge in [0.05, 0.1) is 13.2 Å². The summed E-state index contributed by atoms with van der Waals surface area (Å²) in [5.74, 6) is 0.600. The Morgan fingerprint density at radius 2 is 2.39 bits per heavy atom. The number of likely N-dealkylation sites (tertiary alicyclic amines) is 1. The molecule has 1 heterocycles. The van der Waals surface area contributed by atoms with Crippen molar-refractivity contribution in [3.8, 4) is 5.75 Å². The first-order valence-electron chi connectivity index (χ1n) is 5.97. The second kappa shape index (κ2) is 5.71. The quantitative estimate of drug-likeness (QED) is 0.924. The van der Waals surface area contributed by atoms with Crippen molar-refractivity contribution in [3.05, 3.63) is 28.2 Å². The summed E-state index contributed by atoms with van der Waals surface area (Å²) >= 11 is 3.42. The number of nitrogens with zero attached hydrogens (tertiary/aromatic N) is 1. The number of carbonyl (C=O) groups is 1. The fourth-order valence-electron chi connectivity index (χ4n) is 2.41. The molecule has 18 heavy (non-hydrogen) atoms. The van der Waals surface area contributed by atoms with Crippen LogP contribution >= 0.6 is 15.9 Å². The Morgan fingerprint density at radius 3 is 3.06 bits per heavy atom. The topological polar surface area (TPSA) is 55.6 Å². The van der Waals surface area contributed by atoms with E-state index in [0.29, 0.717) is 6.54 Å². The number of nitrogens with two attached hydrogens (primary N) is 1. The first kappa shape index (κ1) is 13.4. The highest BCUT2D eigenvalue weighted by Crippen LogP contribution is 2.27. The van der Waals surface area contributed by atoms with Gasteiger partial charge in [-0.05, 0) is 31.5 Å². The zero-order valence-corrected chi connectivity index (χ0v) is 11.9. The molecule has 98 valence electrons. The summed E-state index contributed by atoms with van der Waals surface area (Å²) in [5, 5.41) is 0. The molecule has 0 radical (unpaired) electrons. The molecule has 1 aliphatic rings. The summed E-state index contributed by atoms with van der Waals surface area (Å²) < 4.78 is 6.34. The van der Waals surface area contributed by atoms with Gasteiger partial charge in [0, 0.05) is 16.6 Å². The van der Waals surface area contributed by atoms with Crippen LogP contribution < -0.4 is 10.5 Å². The van der Waals surface area contributed by atoms with Crippen molar-refractivity contribution in [1.29, 1.82) is 0 Å². The van der Waals surface area contributed by atoms with Gasteiger partial charge in [-0.3, -0.25) is 9.69 Å². The highest BCUT2D eigenvalue weighted by atomic mass is 79.9. The highest BCUT2D eigenvalue weighted by Gasteiger charge is 2.29. The number of primary amides is 1. The monoisotopic (exact) mass is 312 g/mol. The van der Waals surface area contributed by atoms with Gasteiger partial charge < -0.3 is 10.5 Å². The molecular formula is C13H17BrN2O2. The van der Waals surface area contributed by atoms with E-state index in [1.165, 1.54) is 0 Å². The number of carbonyl (C=O) groups excluding carboxylic acids is 1. The number of halogens is 1. The zero-order chi connectivity index (χ0) is 13.1. The van der Waals surface area contributed by atoms with E-state index in [9.17, 15) is 4.79 Å².